The van der Waals surface area contributed by atoms with Gasteiger partial charge in [0, 0.05) is 49.5 Å². The van der Waals surface area contributed by atoms with Crippen LogP contribution in [0.3, 0.4) is 0 Å². The second-order valence-electron chi connectivity index (χ2n) is 9.57. The van der Waals surface area contributed by atoms with E-state index in [1.165, 1.54) is 13.2 Å². The molecule has 2 N–H and O–H groups in total. The average molecular weight is 533 g/mol. The third kappa shape index (κ3) is 6.83. The number of carbonyl (C=O) groups excluding carboxylic acids is 3. The van der Waals surface area contributed by atoms with Gasteiger partial charge in [0.2, 0.25) is 5.91 Å². The fourth-order valence-electron chi connectivity index (χ4n) is 5.03. The van der Waals surface area contributed by atoms with E-state index >= 15 is 0 Å². The largest absolute Gasteiger partial charge is 0.465 e. The first-order valence-corrected chi connectivity index (χ1v) is 12.6. The number of carbonyl (C=O) groups is 3. The molecule has 2 saturated heterocycles. The predicted molar refractivity (Wildman–Crippen MR) is 135 cm³/mol. The van der Waals surface area contributed by atoms with Crippen molar-refractivity contribution in [2.24, 2.45) is 0 Å². The smallest absolute Gasteiger partial charge is 0.416 e. The van der Waals surface area contributed by atoms with Gasteiger partial charge in [0.15, 0.2) is 0 Å². The molecule has 2 aromatic rings. The molecule has 1 atom stereocenters. The number of piperidine rings is 1. The van der Waals surface area contributed by atoms with Gasteiger partial charge in [0.05, 0.1) is 24.8 Å². The van der Waals surface area contributed by atoms with Crippen molar-refractivity contribution in [2.75, 3.05) is 44.7 Å². The zero-order valence-corrected chi connectivity index (χ0v) is 21.1. The van der Waals surface area contributed by atoms with Crippen molar-refractivity contribution < 1.29 is 32.3 Å². The number of nitrogens with zero attached hydrogens (tertiary/aromatic N) is 2. The Morgan fingerprint density at radius 3 is 2.34 bits per heavy atom. The Morgan fingerprint density at radius 2 is 1.68 bits per heavy atom. The van der Waals surface area contributed by atoms with Crippen LogP contribution >= 0.6 is 0 Å². The number of methoxy groups -OCH3 is 1. The summed E-state index contributed by atoms with van der Waals surface area (Å²) in [6, 6.07) is 11.9. The second kappa shape index (κ2) is 11.8. The standard InChI is InChI=1S/C27H31F3N4O4/c1-38-26(37)18-5-7-22(8-6-18)33-13-10-23(11-14-33)34-12-9-21(17-34)32-24(35)16-31-25(36)19-3-2-4-20(15-19)27(28,29)30/h2-8,15,21,23H,9-14,16-17H2,1H3,(H,31,36)(H,32,35)/t21-/m1/s1. The zero-order chi connectivity index (χ0) is 27.3. The molecular weight excluding hydrogens is 501 g/mol. The summed E-state index contributed by atoms with van der Waals surface area (Å²) in [4.78, 5) is 40.9. The lowest BCUT2D eigenvalue weighted by Crippen LogP contribution is -2.46. The van der Waals surface area contributed by atoms with E-state index in [-0.39, 0.29) is 30.0 Å². The molecule has 11 heteroatoms. The van der Waals surface area contributed by atoms with Gasteiger partial charge >= 0.3 is 12.1 Å². The maximum absolute atomic E-state index is 12.9. The van der Waals surface area contributed by atoms with Crippen molar-refractivity contribution in [2.45, 2.75) is 37.5 Å². The monoisotopic (exact) mass is 532 g/mol. The summed E-state index contributed by atoms with van der Waals surface area (Å²) >= 11 is 0. The number of alkyl halides is 3. The number of halogens is 3. The number of ether oxygens (including phenoxy) is 1. The molecule has 0 radical (unpaired) electrons. The number of likely N-dealkylation sites (tertiary alicyclic amines) is 1. The van der Waals surface area contributed by atoms with Crippen molar-refractivity contribution in [3.8, 4) is 0 Å². The average Bonchev–Trinajstić information content (AvgIpc) is 3.39. The molecule has 8 nitrogen and oxygen atoms in total. The topological polar surface area (TPSA) is 91.0 Å². The summed E-state index contributed by atoms with van der Waals surface area (Å²) in [5.74, 6) is -1.46. The molecule has 0 bridgehead atoms. The number of rotatable bonds is 7. The molecule has 0 unspecified atom stereocenters. The van der Waals surface area contributed by atoms with Crippen LogP contribution < -0.4 is 15.5 Å². The molecule has 38 heavy (non-hydrogen) atoms. The van der Waals surface area contributed by atoms with Crippen LogP contribution in [0.25, 0.3) is 0 Å². The van der Waals surface area contributed by atoms with Crippen molar-refractivity contribution in [3.63, 3.8) is 0 Å². The van der Waals surface area contributed by atoms with Crippen LogP contribution in [0.15, 0.2) is 48.5 Å². The first-order valence-electron chi connectivity index (χ1n) is 12.6. The molecule has 0 saturated carbocycles. The van der Waals surface area contributed by atoms with E-state index < -0.39 is 17.6 Å². The molecule has 0 aromatic heterocycles. The summed E-state index contributed by atoms with van der Waals surface area (Å²) in [7, 11) is 1.36. The lowest BCUT2D eigenvalue weighted by Gasteiger charge is -2.38. The SMILES string of the molecule is COC(=O)c1ccc(N2CCC(N3CC[C@@H](NC(=O)CNC(=O)c4cccc(C(F)(F)F)c4)C3)CC2)cc1. The molecule has 204 valence electrons. The maximum atomic E-state index is 12.9. The Hall–Kier alpha value is -3.60. The maximum Gasteiger partial charge on any atom is 0.416 e. The highest BCUT2D eigenvalue weighted by Crippen LogP contribution is 2.29. The summed E-state index contributed by atoms with van der Waals surface area (Å²) in [5, 5.41) is 5.32. The first kappa shape index (κ1) is 27.4. The molecule has 2 amide bonds. The van der Waals surface area contributed by atoms with Gasteiger partial charge in [0.25, 0.3) is 5.91 Å². The van der Waals surface area contributed by atoms with E-state index in [0.717, 1.165) is 62.8 Å². The minimum atomic E-state index is -4.55. The van der Waals surface area contributed by atoms with Gasteiger partial charge in [-0.2, -0.15) is 13.2 Å². The molecule has 2 fully saturated rings. The van der Waals surface area contributed by atoms with Gasteiger partial charge in [-0.25, -0.2) is 4.79 Å². The summed E-state index contributed by atoms with van der Waals surface area (Å²) in [5.41, 5.74) is 0.523. The molecule has 2 heterocycles. The van der Waals surface area contributed by atoms with Crippen molar-refractivity contribution in [1.82, 2.24) is 15.5 Å². The fourth-order valence-corrected chi connectivity index (χ4v) is 5.03. The Bertz CT molecular complexity index is 1150. The number of nitrogens with one attached hydrogen (secondary N) is 2. The highest BCUT2D eigenvalue weighted by atomic mass is 19.4. The van der Waals surface area contributed by atoms with E-state index in [4.69, 9.17) is 4.74 Å². The summed E-state index contributed by atoms with van der Waals surface area (Å²) in [6.07, 6.45) is -1.79. The van der Waals surface area contributed by atoms with Gasteiger partial charge in [-0.3, -0.25) is 14.5 Å². The quantitative estimate of drug-likeness (QED) is 0.533. The minimum Gasteiger partial charge on any atom is -0.465 e. The fraction of sp³-hybridized carbons (Fsp3) is 0.444. The second-order valence-corrected chi connectivity index (χ2v) is 9.57. The molecule has 4 rings (SSSR count). The lowest BCUT2D eigenvalue weighted by atomic mass is 10.0. The molecule has 2 aliphatic heterocycles. The highest BCUT2D eigenvalue weighted by molar-refractivity contribution is 5.96. The van der Waals surface area contributed by atoms with Gasteiger partial charge in [0.1, 0.15) is 0 Å². The number of anilines is 1. The number of amides is 2. The lowest BCUT2D eigenvalue weighted by molar-refractivity contribution is -0.137. The molecule has 2 aliphatic rings. The first-order chi connectivity index (χ1) is 18.1. The van der Waals surface area contributed by atoms with Crippen LogP contribution in [0.4, 0.5) is 18.9 Å². The van der Waals surface area contributed by atoms with Crippen LogP contribution in [-0.2, 0) is 15.7 Å². The Balaban J connectivity index is 1.19. The van der Waals surface area contributed by atoms with Gasteiger partial charge < -0.3 is 20.3 Å². The number of esters is 1. The third-order valence-corrected chi connectivity index (χ3v) is 7.08. The van der Waals surface area contributed by atoms with E-state index in [1.807, 2.05) is 12.1 Å². The van der Waals surface area contributed by atoms with Crippen molar-refractivity contribution in [1.29, 1.82) is 0 Å². The van der Waals surface area contributed by atoms with Crippen LogP contribution in [0.1, 0.15) is 45.5 Å². The van der Waals surface area contributed by atoms with Crippen LogP contribution in [-0.4, -0.2) is 74.6 Å². The van der Waals surface area contributed by atoms with Crippen molar-refractivity contribution in [3.05, 3.63) is 65.2 Å². The Morgan fingerprint density at radius 1 is 0.974 bits per heavy atom. The molecular formula is C27H31F3N4O4. The van der Waals surface area contributed by atoms with Crippen LogP contribution in [0, 0.1) is 0 Å². The number of hydrogen-bond acceptors (Lipinski definition) is 6. The highest BCUT2D eigenvalue weighted by Gasteiger charge is 2.32. The Labute approximate surface area is 219 Å². The summed E-state index contributed by atoms with van der Waals surface area (Å²) < 4.78 is 43.3. The van der Waals surface area contributed by atoms with Crippen LogP contribution in [0.2, 0.25) is 0 Å². The predicted octanol–water partition coefficient (Wildman–Crippen LogP) is 3.08. The van der Waals surface area contributed by atoms with Gasteiger partial charge in [-0.05, 0) is 61.7 Å². The third-order valence-electron chi connectivity index (χ3n) is 7.08. The Kier molecular flexibility index (Phi) is 8.55. The number of benzene rings is 2. The van der Waals surface area contributed by atoms with Crippen molar-refractivity contribution >= 4 is 23.5 Å². The van der Waals surface area contributed by atoms with Gasteiger partial charge in [-0.15, -0.1) is 0 Å². The van der Waals surface area contributed by atoms with E-state index in [9.17, 15) is 27.6 Å². The van der Waals surface area contributed by atoms with E-state index in [2.05, 4.69) is 20.4 Å². The normalized spacial score (nSPS) is 18.7. The molecule has 0 aliphatic carbocycles. The zero-order valence-electron chi connectivity index (χ0n) is 21.1. The minimum absolute atomic E-state index is 0.0446. The summed E-state index contributed by atoms with van der Waals surface area (Å²) in [6.45, 7) is 3.04. The van der Waals surface area contributed by atoms with E-state index in [1.54, 1.807) is 12.1 Å². The number of hydrogen-bond donors (Lipinski definition) is 2. The molecule has 0 spiro atoms. The van der Waals surface area contributed by atoms with Crippen LogP contribution in [0.5, 0.6) is 0 Å². The van der Waals surface area contributed by atoms with E-state index in [0.29, 0.717) is 18.2 Å². The molecule has 2 aromatic carbocycles. The van der Waals surface area contributed by atoms with Gasteiger partial charge in [-0.1, -0.05) is 6.07 Å².